The largest absolute Gasteiger partial charge is 0.218 e. The molecule has 0 unspecified atom stereocenters. The van der Waals surface area contributed by atoms with Crippen LogP contribution in [0.3, 0.4) is 0 Å². The SMILES string of the molecule is CC(C)(C)c1ccc(S(=O)(=O)c2ccc(F)cc2)s1. The van der Waals surface area contributed by atoms with E-state index in [1.807, 2.05) is 26.8 Å². The molecular formula is C14H15FO2S2. The number of hydrogen-bond donors (Lipinski definition) is 0. The number of halogens is 1. The zero-order valence-electron chi connectivity index (χ0n) is 11.0. The van der Waals surface area contributed by atoms with Crippen LogP contribution < -0.4 is 0 Å². The Morgan fingerprint density at radius 1 is 1.00 bits per heavy atom. The van der Waals surface area contributed by atoms with Crippen LogP contribution in [0, 0.1) is 5.82 Å². The molecule has 0 atom stereocenters. The van der Waals surface area contributed by atoms with E-state index in [1.54, 1.807) is 6.07 Å². The molecule has 1 aromatic carbocycles. The fraction of sp³-hybridized carbons (Fsp3) is 0.286. The van der Waals surface area contributed by atoms with Crippen LogP contribution in [0.15, 0.2) is 45.5 Å². The van der Waals surface area contributed by atoms with Crippen LogP contribution in [0.25, 0.3) is 0 Å². The molecule has 1 aromatic heterocycles. The molecule has 0 aliphatic heterocycles. The first-order chi connectivity index (χ1) is 8.71. The number of rotatable bonds is 2. The molecule has 1 heterocycles. The van der Waals surface area contributed by atoms with E-state index in [1.165, 1.54) is 23.5 Å². The standard InChI is InChI=1S/C14H15FO2S2/c1-14(2,3)12-8-9-13(18-12)19(16,17)11-6-4-10(15)5-7-11/h4-9H,1-3H3. The minimum Gasteiger partial charge on any atom is -0.218 e. The van der Waals surface area contributed by atoms with Crippen molar-refractivity contribution in [3.63, 3.8) is 0 Å². The van der Waals surface area contributed by atoms with Crippen molar-refractivity contribution in [1.29, 1.82) is 0 Å². The van der Waals surface area contributed by atoms with Gasteiger partial charge in [0.1, 0.15) is 10.0 Å². The minimum absolute atomic E-state index is 0.0821. The molecule has 0 N–H and O–H groups in total. The Balaban J connectivity index is 2.46. The van der Waals surface area contributed by atoms with E-state index >= 15 is 0 Å². The summed E-state index contributed by atoms with van der Waals surface area (Å²) in [6.45, 7) is 6.10. The van der Waals surface area contributed by atoms with Crippen molar-refractivity contribution >= 4 is 21.2 Å². The lowest BCUT2D eigenvalue weighted by Crippen LogP contribution is -2.07. The Hall–Kier alpha value is -1.20. The van der Waals surface area contributed by atoms with Gasteiger partial charge in [-0.3, -0.25) is 0 Å². The summed E-state index contributed by atoms with van der Waals surface area (Å²) in [7, 11) is -3.54. The molecule has 2 aromatic rings. The van der Waals surface area contributed by atoms with Crippen LogP contribution in [0.5, 0.6) is 0 Å². The molecule has 0 fully saturated rings. The molecule has 0 aliphatic rings. The summed E-state index contributed by atoms with van der Waals surface area (Å²) in [6.07, 6.45) is 0. The third-order valence-electron chi connectivity index (χ3n) is 2.71. The quantitative estimate of drug-likeness (QED) is 0.785. The Labute approximate surface area is 116 Å². The van der Waals surface area contributed by atoms with Gasteiger partial charge in [0.15, 0.2) is 0 Å². The lowest BCUT2D eigenvalue weighted by Gasteiger charge is -2.15. The maximum Gasteiger partial charge on any atom is 0.215 e. The Bertz CT molecular complexity index is 677. The fourth-order valence-electron chi connectivity index (χ4n) is 1.60. The first-order valence-corrected chi connectivity index (χ1v) is 8.12. The maximum atomic E-state index is 12.8. The van der Waals surface area contributed by atoms with Crippen molar-refractivity contribution in [3.8, 4) is 0 Å². The first-order valence-electron chi connectivity index (χ1n) is 5.82. The van der Waals surface area contributed by atoms with Gasteiger partial charge in [0.25, 0.3) is 0 Å². The van der Waals surface area contributed by atoms with Crippen molar-refractivity contribution in [2.45, 2.75) is 35.3 Å². The molecule has 0 spiro atoms. The van der Waals surface area contributed by atoms with Crippen LogP contribution >= 0.6 is 11.3 Å². The Kier molecular flexibility index (Phi) is 3.53. The van der Waals surface area contributed by atoms with Crippen molar-refractivity contribution < 1.29 is 12.8 Å². The van der Waals surface area contributed by atoms with E-state index in [4.69, 9.17) is 0 Å². The lowest BCUT2D eigenvalue weighted by atomic mass is 9.95. The van der Waals surface area contributed by atoms with Gasteiger partial charge < -0.3 is 0 Å². The number of hydrogen-bond acceptors (Lipinski definition) is 3. The van der Waals surface area contributed by atoms with Gasteiger partial charge in [-0.2, -0.15) is 0 Å². The van der Waals surface area contributed by atoms with Gasteiger partial charge in [-0.15, -0.1) is 11.3 Å². The highest BCUT2D eigenvalue weighted by molar-refractivity contribution is 7.93. The summed E-state index contributed by atoms with van der Waals surface area (Å²) in [5.41, 5.74) is -0.0821. The van der Waals surface area contributed by atoms with E-state index in [0.717, 1.165) is 17.0 Å². The molecule has 0 bridgehead atoms. The summed E-state index contributed by atoms with van der Waals surface area (Å²) in [5.74, 6) is -0.444. The second-order valence-electron chi connectivity index (χ2n) is 5.33. The van der Waals surface area contributed by atoms with Crippen LogP contribution in [-0.2, 0) is 15.3 Å². The zero-order valence-corrected chi connectivity index (χ0v) is 12.6. The summed E-state index contributed by atoms with van der Waals surface area (Å²) in [5, 5.41) is 0. The molecule has 0 aliphatic carbocycles. The second kappa shape index (κ2) is 4.72. The third-order valence-corrected chi connectivity index (χ3v) is 6.48. The van der Waals surface area contributed by atoms with Crippen LogP contribution in [0.2, 0.25) is 0 Å². The third kappa shape index (κ3) is 2.87. The molecule has 5 heteroatoms. The first kappa shape index (κ1) is 14.2. The Morgan fingerprint density at radius 2 is 1.58 bits per heavy atom. The predicted octanol–water partition coefficient (Wildman–Crippen LogP) is 4.02. The molecule has 0 radical (unpaired) electrons. The van der Waals surface area contributed by atoms with Gasteiger partial charge in [0.05, 0.1) is 4.90 Å². The van der Waals surface area contributed by atoms with Gasteiger partial charge in [0, 0.05) is 4.88 Å². The average molecular weight is 298 g/mol. The van der Waals surface area contributed by atoms with Crippen LogP contribution in [0.4, 0.5) is 4.39 Å². The predicted molar refractivity (Wildman–Crippen MR) is 74.9 cm³/mol. The van der Waals surface area contributed by atoms with Gasteiger partial charge in [-0.25, -0.2) is 12.8 Å². The average Bonchev–Trinajstić information content (AvgIpc) is 2.79. The lowest BCUT2D eigenvalue weighted by molar-refractivity contribution is 0.596. The van der Waals surface area contributed by atoms with Gasteiger partial charge in [-0.1, -0.05) is 20.8 Å². The molecule has 19 heavy (non-hydrogen) atoms. The smallest absolute Gasteiger partial charge is 0.215 e. The van der Waals surface area contributed by atoms with Gasteiger partial charge in [-0.05, 0) is 41.8 Å². The van der Waals surface area contributed by atoms with Crippen LogP contribution in [0.1, 0.15) is 25.6 Å². The number of benzene rings is 1. The number of sulfone groups is 1. The highest BCUT2D eigenvalue weighted by Crippen LogP contribution is 2.34. The molecule has 2 rings (SSSR count). The van der Waals surface area contributed by atoms with Crippen LogP contribution in [-0.4, -0.2) is 8.42 Å². The Morgan fingerprint density at radius 3 is 2.05 bits per heavy atom. The monoisotopic (exact) mass is 298 g/mol. The van der Waals surface area contributed by atoms with Crippen molar-refractivity contribution in [2.75, 3.05) is 0 Å². The van der Waals surface area contributed by atoms with Crippen molar-refractivity contribution in [2.24, 2.45) is 0 Å². The molecule has 2 nitrogen and oxygen atoms in total. The highest BCUT2D eigenvalue weighted by atomic mass is 32.2. The summed E-state index contributed by atoms with van der Waals surface area (Å²) in [4.78, 5) is 1.13. The topological polar surface area (TPSA) is 34.1 Å². The van der Waals surface area contributed by atoms with E-state index in [2.05, 4.69) is 0 Å². The van der Waals surface area contributed by atoms with Crippen molar-refractivity contribution in [1.82, 2.24) is 0 Å². The summed E-state index contributed by atoms with van der Waals surface area (Å²) >= 11 is 1.26. The molecule has 0 saturated carbocycles. The van der Waals surface area contributed by atoms with E-state index in [0.29, 0.717) is 4.21 Å². The maximum absolute atomic E-state index is 12.8. The molecule has 102 valence electrons. The second-order valence-corrected chi connectivity index (χ2v) is 8.59. The zero-order chi connectivity index (χ0) is 14.3. The summed E-state index contributed by atoms with van der Waals surface area (Å²) < 4.78 is 37.9. The highest BCUT2D eigenvalue weighted by Gasteiger charge is 2.23. The van der Waals surface area contributed by atoms with Gasteiger partial charge >= 0.3 is 0 Å². The van der Waals surface area contributed by atoms with Gasteiger partial charge in [0.2, 0.25) is 9.84 Å². The minimum atomic E-state index is -3.54. The molecule has 0 saturated heterocycles. The van der Waals surface area contributed by atoms with E-state index < -0.39 is 15.7 Å². The normalized spacial score (nSPS) is 12.6. The van der Waals surface area contributed by atoms with E-state index in [9.17, 15) is 12.8 Å². The fourth-order valence-corrected chi connectivity index (χ4v) is 4.36. The van der Waals surface area contributed by atoms with Crippen molar-refractivity contribution in [3.05, 3.63) is 47.1 Å². The van der Waals surface area contributed by atoms with E-state index in [-0.39, 0.29) is 10.3 Å². The molecule has 0 amide bonds. The molecular weight excluding hydrogens is 283 g/mol. The summed E-state index contributed by atoms with van der Waals surface area (Å²) in [6, 6.07) is 8.35. The number of thiophene rings is 1.